The van der Waals surface area contributed by atoms with Crippen molar-refractivity contribution < 1.29 is 4.79 Å². The van der Waals surface area contributed by atoms with Crippen LogP contribution < -0.4 is 5.32 Å². The molecule has 0 aliphatic rings. The number of nitrogens with zero attached hydrogens (tertiary/aromatic N) is 4. The lowest BCUT2D eigenvalue weighted by molar-refractivity contribution is -0.119. The van der Waals surface area contributed by atoms with Crippen LogP contribution in [-0.2, 0) is 11.2 Å². The van der Waals surface area contributed by atoms with Crippen LogP contribution in [0.3, 0.4) is 0 Å². The van der Waals surface area contributed by atoms with Crippen LogP contribution in [0.25, 0.3) is 17.1 Å². The third-order valence-electron chi connectivity index (χ3n) is 4.02. The number of aromatic nitrogens is 4. The molecule has 1 amide bonds. The molecule has 2 aromatic heterocycles. The molecule has 1 aromatic carbocycles. The summed E-state index contributed by atoms with van der Waals surface area (Å²) in [5.74, 6) is 0.975. The predicted octanol–water partition coefficient (Wildman–Crippen LogP) is 3.90. The van der Waals surface area contributed by atoms with Gasteiger partial charge in [0.25, 0.3) is 0 Å². The molecule has 3 aromatic rings. The molecular formula is C21H25N5OS. The summed E-state index contributed by atoms with van der Waals surface area (Å²) in [6.45, 7) is 8.03. The van der Waals surface area contributed by atoms with Crippen molar-refractivity contribution in [2.24, 2.45) is 0 Å². The minimum atomic E-state index is -0.260. The molecule has 1 N–H and O–H groups in total. The third kappa shape index (κ3) is 4.98. The van der Waals surface area contributed by atoms with Crippen molar-refractivity contribution in [3.8, 4) is 17.1 Å². The minimum absolute atomic E-state index is 0.0288. The quantitative estimate of drug-likeness (QED) is 0.641. The highest BCUT2D eigenvalue weighted by atomic mass is 32.2. The van der Waals surface area contributed by atoms with Gasteiger partial charge < -0.3 is 5.32 Å². The first kappa shape index (κ1) is 20.1. The van der Waals surface area contributed by atoms with Crippen molar-refractivity contribution in [2.75, 3.05) is 5.75 Å². The van der Waals surface area contributed by atoms with E-state index >= 15 is 0 Å². The first-order chi connectivity index (χ1) is 13.4. The normalized spacial score (nSPS) is 11.4. The van der Waals surface area contributed by atoms with Gasteiger partial charge in [0.1, 0.15) is 0 Å². The standard InChI is InChI=1S/C21H25N5OS/c1-5-15-6-8-17(9-7-15)26-19(16-10-12-22-13-11-16)24-25-20(26)28-14-18(27)23-21(2,3)4/h6-13H,5,14H2,1-4H3,(H,23,27). The van der Waals surface area contributed by atoms with E-state index in [0.717, 1.165) is 23.5 Å². The maximum Gasteiger partial charge on any atom is 0.230 e. The zero-order valence-electron chi connectivity index (χ0n) is 16.6. The van der Waals surface area contributed by atoms with Gasteiger partial charge in [-0.15, -0.1) is 10.2 Å². The predicted molar refractivity (Wildman–Crippen MR) is 113 cm³/mol. The summed E-state index contributed by atoms with van der Waals surface area (Å²) in [5.41, 5.74) is 2.89. The number of hydrogen-bond acceptors (Lipinski definition) is 5. The molecule has 0 saturated heterocycles. The zero-order chi connectivity index (χ0) is 20.1. The summed E-state index contributed by atoms with van der Waals surface area (Å²) in [5, 5.41) is 12.4. The molecule has 0 aliphatic carbocycles. The van der Waals surface area contributed by atoms with Crippen molar-refractivity contribution in [1.29, 1.82) is 0 Å². The van der Waals surface area contributed by atoms with Gasteiger partial charge >= 0.3 is 0 Å². The van der Waals surface area contributed by atoms with E-state index in [4.69, 9.17) is 0 Å². The number of carbonyl (C=O) groups is 1. The number of hydrogen-bond donors (Lipinski definition) is 1. The molecule has 0 bridgehead atoms. The Morgan fingerprint density at radius 3 is 2.36 bits per heavy atom. The number of pyridine rings is 1. The van der Waals surface area contributed by atoms with Crippen LogP contribution in [0, 0.1) is 0 Å². The number of amides is 1. The molecule has 3 rings (SSSR count). The molecule has 0 unspecified atom stereocenters. The fourth-order valence-corrected chi connectivity index (χ4v) is 3.50. The molecule has 146 valence electrons. The van der Waals surface area contributed by atoms with Crippen LogP contribution >= 0.6 is 11.8 Å². The second-order valence-corrected chi connectivity index (χ2v) is 8.43. The van der Waals surface area contributed by atoms with Crippen molar-refractivity contribution >= 4 is 17.7 Å². The van der Waals surface area contributed by atoms with Gasteiger partial charge in [0.05, 0.1) is 5.75 Å². The van der Waals surface area contributed by atoms with Crippen LogP contribution in [-0.4, -0.2) is 36.9 Å². The summed E-state index contributed by atoms with van der Waals surface area (Å²) < 4.78 is 1.99. The fraction of sp³-hybridized carbons (Fsp3) is 0.333. The highest BCUT2D eigenvalue weighted by molar-refractivity contribution is 7.99. The van der Waals surface area contributed by atoms with Gasteiger partial charge in [0.2, 0.25) is 5.91 Å². The van der Waals surface area contributed by atoms with E-state index in [0.29, 0.717) is 5.16 Å². The molecule has 6 nitrogen and oxygen atoms in total. The highest BCUT2D eigenvalue weighted by Crippen LogP contribution is 2.28. The summed E-state index contributed by atoms with van der Waals surface area (Å²) >= 11 is 1.38. The van der Waals surface area contributed by atoms with E-state index in [1.54, 1.807) is 12.4 Å². The van der Waals surface area contributed by atoms with Crippen molar-refractivity contribution in [1.82, 2.24) is 25.1 Å². The molecular weight excluding hydrogens is 370 g/mol. The Bertz CT molecular complexity index is 930. The second kappa shape index (κ2) is 8.56. The summed E-state index contributed by atoms with van der Waals surface area (Å²) in [6, 6.07) is 12.1. The largest absolute Gasteiger partial charge is 0.351 e. The number of thioether (sulfide) groups is 1. The smallest absolute Gasteiger partial charge is 0.230 e. The lowest BCUT2D eigenvalue weighted by atomic mass is 10.1. The highest BCUT2D eigenvalue weighted by Gasteiger charge is 2.19. The average molecular weight is 396 g/mol. The average Bonchev–Trinajstić information content (AvgIpc) is 3.10. The number of rotatable bonds is 6. The van der Waals surface area contributed by atoms with Crippen molar-refractivity contribution in [3.63, 3.8) is 0 Å². The van der Waals surface area contributed by atoms with Gasteiger partial charge in [0, 0.05) is 29.2 Å². The monoisotopic (exact) mass is 395 g/mol. The maximum absolute atomic E-state index is 12.2. The first-order valence-corrected chi connectivity index (χ1v) is 10.2. The Balaban J connectivity index is 1.93. The van der Waals surface area contributed by atoms with Gasteiger partial charge in [-0.1, -0.05) is 30.8 Å². The number of carbonyl (C=O) groups excluding carboxylic acids is 1. The molecule has 0 atom stereocenters. The molecule has 0 fully saturated rings. The number of benzene rings is 1. The van der Waals surface area contributed by atoms with Gasteiger partial charge in [-0.3, -0.25) is 14.3 Å². The maximum atomic E-state index is 12.2. The number of aryl methyl sites for hydroxylation is 1. The molecule has 0 saturated carbocycles. The second-order valence-electron chi connectivity index (χ2n) is 7.48. The summed E-state index contributed by atoms with van der Waals surface area (Å²) in [6.07, 6.45) is 4.45. The van der Waals surface area contributed by atoms with Gasteiger partial charge in [-0.2, -0.15) is 0 Å². The van der Waals surface area contributed by atoms with Gasteiger partial charge in [-0.05, 0) is 57.0 Å². The SMILES string of the molecule is CCc1ccc(-n2c(SCC(=O)NC(C)(C)C)nnc2-c2ccncc2)cc1. The van der Waals surface area contributed by atoms with E-state index in [2.05, 4.69) is 51.7 Å². The molecule has 2 heterocycles. The first-order valence-electron chi connectivity index (χ1n) is 9.26. The molecule has 0 aliphatic heterocycles. The van der Waals surface area contributed by atoms with Crippen LogP contribution in [0.4, 0.5) is 0 Å². The molecule has 0 spiro atoms. The molecule has 28 heavy (non-hydrogen) atoms. The van der Waals surface area contributed by atoms with Crippen LogP contribution in [0.15, 0.2) is 53.9 Å². The van der Waals surface area contributed by atoms with Crippen molar-refractivity contribution in [3.05, 3.63) is 54.4 Å². The van der Waals surface area contributed by atoms with Crippen molar-refractivity contribution in [2.45, 2.75) is 44.8 Å². The lowest BCUT2D eigenvalue weighted by Crippen LogP contribution is -2.41. The minimum Gasteiger partial charge on any atom is -0.351 e. The summed E-state index contributed by atoms with van der Waals surface area (Å²) in [4.78, 5) is 16.3. The van der Waals surface area contributed by atoms with E-state index in [1.165, 1.54) is 17.3 Å². The molecule has 7 heteroatoms. The molecule has 0 radical (unpaired) electrons. The van der Waals surface area contributed by atoms with E-state index in [9.17, 15) is 4.79 Å². The lowest BCUT2D eigenvalue weighted by Gasteiger charge is -2.20. The van der Waals surface area contributed by atoms with Gasteiger partial charge in [-0.25, -0.2) is 0 Å². The fourth-order valence-electron chi connectivity index (χ4n) is 2.75. The Hall–Kier alpha value is -2.67. The third-order valence-corrected chi connectivity index (χ3v) is 4.95. The number of nitrogens with one attached hydrogen (secondary N) is 1. The zero-order valence-corrected chi connectivity index (χ0v) is 17.5. The van der Waals surface area contributed by atoms with E-state index in [-0.39, 0.29) is 17.2 Å². The Labute approximate surface area is 169 Å². The van der Waals surface area contributed by atoms with E-state index < -0.39 is 0 Å². The van der Waals surface area contributed by atoms with E-state index in [1.807, 2.05) is 37.5 Å². The van der Waals surface area contributed by atoms with Crippen LogP contribution in [0.5, 0.6) is 0 Å². The Kier molecular flexibility index (Phi) is 6.14. The Morgan fingerprint density at radius 1 is 1.07 bits per heavy atom. The summed E-state index contributed by atoms with van der Waals surface area (Å²) in [7, 11) is 0. The van der Waals surface area contributed by atoms with Gasteiger partial charge in [0.15, 0.2) is 11.0 Å². The topological polar surface area (TPSA) is 72.7 Å². The van der Waals surface area contributed by atoms with Crippen LogP contribution in [0.2, 0.25) is 0 Å². The Morgan fingerprint density at radius 2 is 1.75 bits per heavy atom. The van der Waals surface area contributed by atoms with Crippen LogP contribution in [0.1, 0.15) is 33.3 Å².